The van der Waals surface area contributed by atoms with Crippen molar-refractivity contribution in [3.63, 3.8) is 0 Å². The van der Waals surface area contributed by atoms with Crippen LogP contribution in [0.5, 0.6) is 5.75 Å². The molecule has 0 atom stereocenters. The average Bonchev–Trinajstić information content (AvgIpc) is 2.57. The lowest BCUT2D eigenvalue weighted by Gasteiger charge is -2.08. The molecule has 1 amide bonds. The number of nitro groups is 1. The number of nitrogens with zero attached hydrogens (tertiary/aromatic N) is 1. The first kappa shape index (κ1) is 19.2. The van der Waals surface area contributed by atoms with Gasteiger partial charge in [-0.25, -0.2) is 4.39 Å². The summed E-state index contributed by atoms with van der Waals surface area (Å²) in [6.45, 7) is -1.47. The highest BCUT2D eigenvalue weighted by Gasteiger charge is 2.19. The zero-order valence-corrected chi connectivity index (χ0v) is 13.7. The quantitative estimate of drug-likeness (QED) is 0.598. The molecule has 0 radical (unpaired) electrons. The van der Waals surface area contributed by atoms with E-state index in [9.17, 15) is 28.1 Å². The highest BCUT2D eigenvalue weighted by atomic mass is 19.3. The Kier molecular flexibility index (Phi) is 6.16. The third kappa shape index (κ3) is 4.95. The van der Waals surface area contributed by atoms with Gasteiger partial charge in [-0.2, -0.15) is 8.78 Å². The summed E-state index contributed by atoms with van der Waals surface area (Å²) in [7, 11) is 0. The van der Waals surface area contributed by atoms with Crippen LogP contribution in [-0.2, 0) is 6.42 Å². The Labute approximate surface area is 146 Å². The number of benzene rings is 2. The molecule has 0 saturated heterocycles. The van der Waals surface area contributed by atoms with E-state index in [1.165, 1.54) is 19.1 Å². The van der Waals surface area contributed by atoms with Crippen molar-refractivity contribution < 1.29 is 27.6 Å². The summed E-state index contributed by atoms with van der Waals surface area (Å²) < 4.78 is 42.1. The van der Waals surface area contributed by atoms with Crippen LogP contribution in [0.2, 0.25) is 0 Å². The molecule has 138 valence electrons. The zero-order chi connectivity index (χ0) is 19.3. The van der Waals surface area contributed by atoms with Crippen molar-refractivity contribution in [2.75, 3.05) is 6.54 Å². The molecule has 2 rings (SSSR count). The molecule has 0 unspecified atom stereocenters. The fourth-order valence-electron chi connectivity index (χ4n) is 2.25. The van der Waals surface area contributed by atoms with Gasteiger partial charge >= 0.3 is 6.61 Å². The predicted octanol–water partition coefficient (Wildman–Crippen LogP) is 3.62. The molecule has 0 aliphatic heterocycles. The minimum atomic E-state index is -2.90. The standard InChI is InChI=1S/C17H15F3N2O4/c1-10-14(18)8-12(9-15(10)22(24)25)16(23)21-7-6-11-2-4-13(5-3-11)26-17(19)20/h2-5,8-9,17H,6-7H2,1H3,(H,21,23). The van der Waals surface area contributed by atoms with Gasteiger partial charge in [0.15, 0.2) is 0 Å². The highest BCUT2D eigenvalue weighted by Crippen LogP contribution is 2.22. The number of carbonyl (C=O) groups is 1. The molecule has 1 N–H and O–H groups in total. The second-order valence-corrected chi connectivity index (χ2v) is 5.39. The third-order valence-electron chi connectivity index (χ3n) is 3.62. The van der Waals surface area contributed by atoms with Crippen LogP contribution in [0.4, 0.5) is 18.9 Å². The Morgan fingerprint density at radius 1 is 1.27 bits per heavy atom. The van der Waals surface area contributed by atoms with E-state index in [4.69, 9.17) is 0 Å². The number of carbonyl (C=O) groups excluding carboxylic acids is 1. The topological polar surface area (TPSA) is 81.5 Å². The molecule has 0 aliphatic rings. The summed E-state index contributed by atoms with van der Waals surface area (Å²) in [6, 6.07) is 7.85. The Morgan fingerprint density at radius 2 is 1.92 bits per heavy atom. The van der Waals surface area contributed by atoms with E-state index in [-0.39, 0.29) is 23.4 Å². The van der Waals surface area contributed by atoms with E-state index in [0.29, 0.717) is 6.42 Å². The smallest absolute Gasteiger partial charge is 0.387 e. The Hall–Kier alpha value is -3.10. The first-order chi connectivity index (χ1) is 12.3. The average molecular weight is 368 g/mol. The van der Waals surface area contributed by atoms with Gasteiger partial charge in [0.1, 0.15) is 11.6 Å². The van der Waals surface area contributed by atoms with E-state index < -0.39 is 28.9 Å². The monoisotopic (exact) mass is 368 g/mol. The summed E-state index contributed by atoms with van der Waals surface area (Å²) in [5, 5.41) is 13.4. The molecule has 0 saturated carbocycles. The first-order valence-corrected chi connectivity index (χ1v) is 7.54. The van der Waals surface area contributed by atoms with Crippen molar-refractivity contribution >= 4 is 11.6 Å². The van der Waals surface area contributed by atoms with Gasteiger partial charge in [0, 0.05) is 18.2 Å². The van der Waals surface area contributed by atoms with Gasteiger partial charge < -0.3 is 10.1 Å². The van der Waals surface area contributed by atoms with Crippen molar-refractivity contribution in [2.45, 2.75) is 20.0 Å². The number of alkyl halides is 2. The summed E-state index contributed by atoms with van der Waals surface area (Å²) in [4.78, 5) is 22.2. The molecule has 0 fully saturated rings. The molecule has 9 heteroatoms. The summed E-state index contributed by atoms with van der Waals surface area (Å²) in [5.41, 5.74) is -0.00381. The lowest BCUT2D eigenvalue weighted by molar-refractivity contribution is -0.385. The van der Waals surface area contributed by atoms with Gasteiger partial charge in [0.25, 0.3) is 11.6 Å². The van der Waals surface area contributed by atoms with Crippen LogP contribution in [0, 0.1) is 22.9 Å². The van der Waals surface area contributed by atoms with Crippen molar-refractivity contribution in [3.05, 3.63) is 69.0 Å². The number of nitrogens with one attached hydrogen (secondary N) is 1. The number of hydrogen-bond donors (Lipinski definition) is 1. The van der Waals surface area contributed by atoms with Crippen molar-refractivity contribution in [2.24, 2.45) is 0 Å². The maximum absolute atomic E-state index is 13.7. The third-order valence-corrected chi connectivity index (χ3v) is 3.62. The van der Waals surface area contributed by atoms with Gasteiger partial charge in [0.2, 0.25) is 0 Å². The summed E-state index contributed by atoms with van der Waals surface area (Å²) in [6.07, 6.45) is 0.386. The maximum atomic E-state index is 13.7. The zero-order valence-electron chi connectivity index (χ0n) is 13.7. The van der Waals surface area contributed by atoms with Crippen molar-refractivity contribution in [1.29, 1.82) is 0 Å². The van der Waals surface area contributed by atoms with Gasteiger partial charge in [-0.05, 0) is 37.1 Å². The summed E-state index contributed by atoms with van der Waals surface area (Å²) >= 11 is 0. The largest absolute Gasteiger partial charge is 0.435 e. The molecule has 0 spiro atoms. The molecule has 6 nitrogen and oxygen atoms in total. The van der Waals surface area contributed by atoms with Crippen molar-refractivity contribution in [1.82, 2.24) is 5.32 Å². The van der Waals surface area contributed by atoms with Crippen LogP contribution in [0.3, 0.4) is 0 Å². The van der Waals surface area contributed by atoms with E-state index in [1.807, 2.05) is 0 Å². The van der Waals surface area contributed by atoms with Gasteiger partial charge in [-0.1, -0.05) is 12.1 Å². The van der Waals surface area contributed by atoms with Crippen LogP contribution in [0.25, 0.3) is 0 Å². The van der Waals surface area contributed by atoms with Gasteiger partial charge in [-0.3, -0.25) is 14.9 Å². The number of rotatable bonds is 7. The van der Waals surface area contributed by atoms with Crippen LogP contribution < -0.4 is 10.1 Å². The van der Waals surface area contributed by atoms with E-state index in [1.54, 1.807) is 12.1 Å². The Morgan fingerprint density at radius 3 is 2.50 bits per heavy atom. The molecule has 2 aromatic rings. The van der Waals surface area contributed by atoms with E-state index in [0.717, 1.165) is 17.7 Å². The normalized spacial score (nSPS) is 10.7. The molecular formula is C17H15F3N2O4. The first-order valence-electron chi connectivity index (χ1n) is 7.54. The molecule has 2 aromatic carbocycles. The van der Waals surface area contributed by atoms with Gasteiger partial charge in [0.05, 0.1) is 10.5 Å². The number of ether oxygens (including phenoxy) is 1. The van der Waals surface area contributed by atoms with E-state index >= 15 is 0 Å². The molecule has 0 aromatic heterocycles. The lowest BCUT2D eigenvalue weighted by Crippen LogP contribution is -2.26. The molecule has 26 heavy (non-hydrogen) atoms. The minimum absolute atomic E-state index is 0.0234. The fraction of sp³-hybridized carbons (Fsp3) is 0.235. The second-order valence-electron chi connectivity index (χ2n) is 5.39. The van der Waals surface area contributed by atoms with Crippen LogP contribution >= 0.6 is 0 Å². The maximum Gasteiger partial charge on any atom is 0.387 e. The van der Waals surface area contributed by atoms with Crippen LogP contribution in [0.15, 0.2) is 36.4 Å². The predicted molar refractivity (Wildman–Crippen MR) is 86.9 cm³/mol. The number of hydrogen-bond acceptors (Lipinski definition) is 4. The minimum Gasteiger partial charge on any atom is -0.435 e. The fourth-order valence-corrected chi connectivity index (χ4v) is 2.25. The number of amides is 1. The number of halogens is 3. The van der Waals surface area contributed by atoms with Crippen molar-refractivity contribution in [3.8, 4) is 5.75 Å². The Bertz CT molecular complexity index is 810. The molecule has 0 heterocycles. The summed E-state index contributed by atoms with van der Waals surface area (Å²) in [5.74, 6) is -1.46. The van der Waals surface area contributed by atoms with Gasteiger partial charge in [-0.15, -0.1) is 0 Å². The van der Waals surface area contributed by atoms with Crippen LogP contribution in [0.1, 0.15) is 21.5 Å². The van der Waals surface area contributed by atoms with Crippen LogP contribution in [-0.4, -0.2) is 24.0 Å². The second kappa shape index (κ2) is 8.32. The SMILES string of the molecule is Cc1c(F)cc(C(=O)NCCc2ccc(OC(F)F)cc2)cc1[N+](=O)[O-]. The Balaban J connectivity index is 1.96. The highest BCUT2D eigenvalue weighted by molar-refractivity contribution is 5.95. The number of nitro benzene ring substituents is 1. The molecule has 0 bridgehead atoms. The molecule has 0 aliphatic carbocycles. The molecular weight excluding hydrogens is 353 g/mol. The lowest BCUT2D eigenvalue weighted by atomic mass is 10.1. The van der Waals surface area contributed by atoms with E-state index in [2.05, 4.69) is 10.1 Å².